The third-order valence-electron chi connectivity index (χ3n) is 2.92. The number of halogens is 5. The molecule has 0 spiro atoms. The normalized spacial score (nSPS) is 12.0. The van der Waals surface area contributed by atoms with Gasteiger partial charge in [-0.05, 0) is 36.4 Å². The molecule has 9 heteroatoms. The quantitative estimate of drug-likeness (QED) is 0.593. The van der Waals surface area contributed by atoms with Gasteiger partial charge in [0.25, 0.3) is 0 Å². The second-order valence-corrected chi connectivity index (χ2v) is 6.75. The molecule has 0 atom stereocenters. The Morgan fingerprint density at radius 2 is 1.61 bits per heavy atom. The number of sulfone groups is 1. The van der Waals surface area contributed by atoms with Gasteiger partial charge in [0, 0.05) is 0 Å². The summed E-state index contributed by atoms with van der Waals surface area (Å²) in [6, 6.07) is 6.22. The summed E-state index contributed by atoms with van der Waals surface area (Å²) in [6.45, 7) is 0. The van der Waals surface area contributed by atoms with Crippen molar-refractivity contribution >= 4 is 21.4 Å². The van der Waals surface area contributed by atoms with Crippen molar-refractivity contribution in [3.05, 3.63) is 58.4 Å². The molecule has 0 aliphatic heterocycles. The Bertz CT molecular complexity index is 917. The average molecular weight is 364 g/mol. The Kier molecular flexibility index (Phi) is 4.37. The first kappa shape index (κ1) is 17.2. The van der Waals surface area contributed by atoms with E-state index in [4.69, 9.17) is 16.9 Å². The van der Waals surface area contributed by atoms with Gasteiger partial charge in [-0.3, -0.25) is 0 Å². The van der Waals surface area contributed by atoms with Crippen LogP contribution >= 0.6 is 11.6 Å². The molecular formula is C14H6ClF4NO2S. The number of hydrogen-bond acceptors (Lipinski definition) is 3. The van der Waals surface area contributed by atoms with Crippen molar-refractivity contribution in [2.45, 2.75) is 16.0 Å². The first-order valence-corrected chi connectivity index (χ1v) is 7.75. The molecule has 0 saturated carbocycles. The van der Waals surface area contributed by atoms with Gasteiger partial charge in [-0.25, -0.2) is 12.8 Å². The minimum Gasteiger partial charge on any atom is -0.219 e. The van der Waals surface area contributed by atoms with Crippen LogP contribution in [0.4, 0.5) is 17.6 Å². The van der Waals surface area contributed by atoms with E-state index >= 15 is 0 Å². The fourth-order valence-electron chi connectivity index (χ4n) is 1.78. The largest absolute Gasteiger partial charge is 0.419 e. The van der Waals surface area contributed by atoms with Crippen LogP contribution in [-0.4, -0.2) is 8.42 Å². The Labute approximate surface area is 133 Å². The first-order chi connectivity index (χ1) is 10.6. The standard InChI is InChI=1S/C14H6ClF4NO2S/c15-12-6-10(2-1-8(12)7-20)23(21,22)9-3-4-13(16)11(5-9)14(17,18)19/h1-6H. The van der Waals surface area contributed by atoms with E-state index in [0.29, 0.717) is 6.07 Å². The molecule has 0 unspecified atom stereocenters. The third-order valence-corrected chi connectivity index (χ3v) is 4.99. The lowest BCUT2D eigenvalue weighted by molar-refractivity contribution is -0.140. The van der Waals surface area contributed by atoms with Crippen LogP contribution in [-0.2, 0) is 16.0 Å². The molecule has 0 aromatic heterocycles. The maximum Gasteiger partial charge on any atom is 0.419 e. The van der Waals surface area contributed by atoms with Crippen LogP contribution < -0.4 is 0 Å². The number of alkyl halides is 3. The molecule has 0 amide bonds. The van der Waals surface area contributed by atoms with Crippen LogP contribution in [0.1, 0.15) is 11.1 Å². The summed E-state index contributed by atoms with van der Waals surface area (Å²) in [4.78, 5) is -1.13. The summed E-state index contributed by atoms with van der Waals surface area (Å²) in [5.74, 6) is -1.57. The number of hydrogen-bond donors (Lipinski definition) is 0. The molecule has 0 aliphatic carbocycles. The smallest absolute Gasteiger partial charge is 0.219 e. The molecule has 0 heterocycles. The molecule has 3 nitrogen and oxygen atoms in total. The maximum atomic E-state index is 13.2. The van der Waals surface area contributed by atoms with Gasteiger partial charge in [0.15, 0.2) is 0 Å². The van der Waals surface area contributed by atoms with E-state index in [1.807, 2.05) is 0 Å². The van der Waals surface area contributed by atoms with E-state index in [2.05, 4.69) is 0 Å². The van der Waals surface area contributed by atoms with E-state index in [0.717, 1.165) is 24.3 Å². The van der Waals surface area contributed by atoms with Crippen molar-refractivity contribution in [1.29, 1.82) is 5.26 Å². The first-order valence-electron chi connectivity index (χ1n) is 5.89. The highest BCUT2D eigenvalue weighted by Gasteiger charge is 2.35. The van der Waals surface area contributed by atoms with E-state index in [9.17, 15) is 26.0 Å². The van der Waals surface area contributed by atoms with Crippen LogP contribution in [0.25, 0.3) is 0 Å². The lowest BCUT2D eigenvalue weighted by Crippen LogP contribution is -2.11. The molecule has 0 N–H and O–H groups in total. The van der Waals surface area contributed by atoms with Gasteiger partial charge in [-0.2, -0.15) is 18.4 Å². The molecule has 0 bridgehead atoms. The van der Waals surface area contributed by atoms with Crippen LogP contribution in [0.3, 0.4) is 0 Å². The molecule has 0 radical (unpaired) electrons. The number of benzene rings is 2. The van der Waals surface area contributed by atoms with Gasteiger partial charge in [-0.15, -0.1) is 0 Å². The zero-order valence-electron chi connectivity index (χ0n) is 11.0. The zero-order chi connectivity index (χ0) is 17.4. The van der Waals surface area contributed by atoms with Crippen LogP contribution in [0.2, 0.25) is 5.02 Å². The van der Waals surface area contributed by atoms with Crippen LogP contribution in [0, 0.1) is 17.1 Å². The molecule has 0 saturated heterocycles. The van der Waals surface area contributed by atoms with Crippen molar-refractivity contribution in [3.63, 3.8) is 0 Å². The van der Waals surface area contributed by atoms with Gasteiger partial charge in [0.1, 0.15) is 11.9 Å². The molecule has 2 rings (SSSR count). The van der Waals surface area contributed by atoms with E-state index in [-0.39, 0.29) is 16.7 Å². The van der Waals surface area contributed by atoms with Crippen molar-refractivity contribution < 1.29 is 26.0 Å². The van der Waals surface area contributed by atoms with Gasteiger partial charge < -0.3 is 0 Å². The number of nitrogens with zero attached hydrogens (tertiary/aromatic N) is 1. The third kappa shape index (κ3) is 3.30. The number of rotatable bonds is 2. The highest BCUT2D eigenvalue weighted by Crippen LogP contribution is 2.34. The topological polar surface area (TPSA) is 57.9 Å². The maximum absolute atomic E-state index is 13.2. The van der Waals surface area contributed by atoms with Crippen LogP contribution in [0.15, 0.2) is 46.2 Å². The van der Waals surface area contributed by atoms with Crippen LogP contribution in [0.5, 0.6) is 0 Å². The van der Waals surface area contributed by atoms with Crippen molar-refractivity contribution in [2.75, 3.05) is 0 Å². The van der Waals surface area contributed by atoms with Crippen molar-refractivity contribution in [1.82, 2.24) is 0 Å². The summed E-state index contributed by atoms with van der Waals surface area (Å²) >= 11 is 5.73. The fraction of sp³-hybridized carbons (Fsp3) is 0.0714. The summed E-state index contributed by atoms with van der Waals surface area (Å²) in [6.07, 6.45) is -5.03. The summed E-state index contributed by atoms with van der Waals surface area (Å²) < 4.78 is 76.0. The molecular weight excluding hydrogens is 358 g/mol. The van der Waals surface area contributed by atoms with E-state index < -0.39 is 37.2 Å². The zero-order valence-corrected chi connectivity index (χ0v) is 12.6. The lowest BCUT2D eigenvalue weighted by atomic mass is 10.2. The van der Waals surface area contributed by atoms with Gasteiger partial charge in [0.05, 0.1) is 25.9 Å². The Morgan fingerprint density at radius 3 is 2.13 bits per heavy atom. The van der Waals surface area contributed by atoms with Crippen molar-refractivity contribution in [3.8, 4) is 6.07 Å². The van der Waals surface area contributed by atoms with E-state index in [1.165, 1.54) is 0 Å². The molecule has 2 aromatic rings. The monoisotopic (exact) mass is 363 g/mol. The van der Waals surface area contributed by atoms with E-state index in [1.54, 1.807) is 6.07 Å². The summed E-state index contributed by atoms with van der Waals surface area (Å²) in [5.41, 5.74) is -1.67. The van der Waals surface area contributed by atoms with Gasteiger partial charge in [0.2, 0.25) is 9.84 Å². The second-order valence-electron chi connectivity index (χ2n) is 4.40. The Morgan fingerprint density at radius 1 is 1.04 bits per heavy atom. The molecule has 0 fully saturated rings. The Balaban J connectivity index is 2.61. The minimum atomic E-state index is -5.03. The SMILES string of the molecule is N#Cc1ccc(S(=O)(=O)c2ccc(F)c(C(F)(F)F)c2)cc1Cl. The average Bonchev–Trinajstić information content (AvgIpc) is 2.46. The predicted molar refractivity (Wildman–Crippen MR) is 73.0 cm³/mol. The minimum absolute atomic E-state index is 0.0145. The summed E-state index contributed by atoms with van der Waals surface area (Å²) in [5, 5.41) is 8.57. The molecule has 120 valence electrons. The van der Waals surface area contributed by atoms with Gasteiger partial charge >= 0.3 is 6.18 Å². The second kappa shape index (κ2) is 5.83. The van der Waals surface area contributed by atoms with Crippen molar-refractivity contribution in [2.24, 2.45) is 0 Å². The highest BCUT2D eigenvalue weighted by atomic mass is 35.5. The molecule has 2 aromatic carbocycles. The molecule has 23 heavy (non-hydrogen) atoms. The Hall–Kier alpha value is -2.11. The predicted octanol–water partition coefficient (Wildman–Crippen LogP) is 4.20. The summed E-state index contributed by atoms with van der Waals surface area (Å²) in [7, 11) is -4.35. The number of nitriles is 1. The fourth-order valence-corrected chi connectivity index (χ4v) is 3.38. The highest BCUT2D eigenvalue weighted by molar-refractivity contribution is 7.91. The lowest BCUT2D eigenvalue weighted by Gasteiger charge is -2.11. The molecule has 0 aliphatic rings. The van der Waals surface area contributed by atoms with Gasteiger partial charge in [-0.1, -0.05) is 11.6 Å².